The number of hydrogen-bond acceptors (Lipinski definition) is 5. The predicted octanol–water partition coefficient (Wildman–Crippen LogP) is -1.42. The number of hydrogen-bond donors (Lipinski definition) is 5. The summed E-state index contributed by atoms with van der Waals surface area (Å²) in [5.74, 6) is -1.53. The molecule has 5 N–H and O–H groups in total. The molecule has 0 bridgehead atoms. The number of imidazole rings is 1. The van der Waals surface area contributed by atoms with E-state index in [-0.39, 0.29) is 4.90 Å². The van der Waals surface area contributed by atoms with Gasteiger partial charge < -0.3 is 20.2 Å². The minimum absolute atomic E-state index is 0.155. The zero-order valence-corrected chi connectivity index (χ0v) is 10.8. The van der Waals surface area contributed by atoms with E-state index in [9.17, 15) is 18.0 Å². The van der Waals surface area contributed by atoms with Gasteiger partial charge in [0.15, 0.2) is 6.10 Å². The van der Waals surface area contributed by atoms with Crippen molar-refractivity contribution in [1.29, 1.82) is 0 Å². The van der Waals surface area contributed by atoms with Gasteiger partial charge in [0.25, 0.3) is 0 Å². The molecule has 1 aromatic carbocycles. The fourth-order valence-electron chi connectivity index (χ4n) is 1.54. The van der Waals surface area contributed by atoms with Crippen LogP contribution in [0.25, 0.3) is 11.0 Å². The number of sulfonamides is 1. The fraction of sp³-hybridized carbons (Fsp3) is 0.200. The Morgan fingerprint density at radius 2 is 1.95 bits per heavy atom. The number of aliphatic carboxylic acids is 1. The summed E-state index contributed by atoms with van der Waals surface area (Å²) in [6.45, 7) is -0.653. The number of rotatable bonds is 5. The van der Waals surface area contributed by atoms with Gasteiger partial charge in [0.1, 0.15) is 0 Å². The predicted molar refractivity (Wildman–Crippen MR) is 67.8 cm³/mol. The molecular formula is C10H11N3O6S. The molecule has 20 heavy (non-hydrogen) atoms. The first kappa shape index (κ1) is 14.2. The number of aliphatic hydroxyl groups is 1. The van der Waals surface area contributed by atoms with E-state index in [2.05, 4.69) is 9.97 Å². The zero-order chi connectivity index (χ0) is 14.9. The molecule has 1 atom stereocenters. The molecule has 0 spiro atoms. The van der Waals surface area contributed by atoms with Crippen LogP contribution >= 0.6 is 0 Å². The first-order valence-corrected chi connectivity index (χ1v) is 6.90. The van der Waals surface area contributed by atoms with Crippen LogP contribution < -0.4 is 10.4 Å². The minimum atomic E-state index is -3.98. The Morgan fingerprint density at radius 1 is 1.30 bits per heavy atom. The Bertz CT molecular complexity index is 806. The van der Waals surface area contributed by atoms with E-state index in [1.54, 1.807) is 0 Å². The zero-order valence-electron chi connectivity index (χ0n) is 9.95. The van der Waals surface area contributed by atoms with Gasteiger partial charge in [-0.2, -0.15) is 0 Å². The van der Waals surface area contributed by atoms with Crippen molar-refractivity contribution in [2.75, 3.05) is 6.54 Å². The third-order valence-corrected chi connectivity index (χ3v) is 3.97. The van der Waals surface area contributed by atoms with E-state index in [0.29, 0.717) is 11.0 Å². The molecular weight excluding hydrogens is 290 g/mol. The minimum Gasteiger partial charge on any atom is -0.479 e. The molecule has 0 saturated carbocycles. The number of fused-ring (bicyclic) bond motifs is 1. The lowest BCUT2D eigenvalue weighted by Gasteiger charge is -2.08. The molecule has 2 rings (SSSR count). The van der Waals surface area contributed by atoms with Crippen molar-refractivity contribution in [1.82, 2.24) is 14.7 Å². The summed E-state index contributed by atoms with van der Waals surface area (Å²) in [6, 6.07) is 3.87. The van der Waals surface area contributed by atoms with E-state index in [1.165, 1.54) is 18.2 Å². The standard InChI is InChI=1S/C10H11N3O6S/c14-8(9(15)16)4-11-20(18,19)5-1-2-6-7(3-5)13-10(17)12-6/h1-3,8,11,14H,4H2,(H,15,16)(H2,12,13,17). The lowest BCUT2D eigenvalue weighted by atomic mass is 10.3. The Morgan fingerprint density at radius 3 is 2.60 bits per heavy atom. The Balaban J connectivity index is 2.27. The summed E-state index contributed by atoms with van der Waals surface area (Å²) in [7, 11) is -3.98. The third kappa shape index (κ3) is 2.87. The maximum atomic E-state index is 11.9. The number of carboxylic acid groups (broad SMARTS) is 1. The highest BCUT2D eigenvalue weighted by Gasteiger charge is 2.19. The smallest absolute Gasteiger partial charge is 0.333 e. The number of aromatic amines is 2. The van der Waals surface area contributed by atoms with Gasteiger partial charge in [0.2, 0.25) is 10.0 Å². The molecule has 1 aromatic heterocycles. The van der Waals surface area contributed by atoms with Crippen LogP contribution in [0.15, 0.2) is 27.9 Å². The van der Waals surface area contributed by atoms with Crippen molar-refractivity contribution in [2.24, 2.45) is 0 Å². The maximum Gasteiger partial charge on any atom is 0.333 e. The van der Waals surface area contributed by atoms with Gasteiger partial charge in [-0.3, -0.25) is 0 Å². The summed E-state index contributed by atoms with van der Waals surface area (Å²) >= 11 is 0. The maximum absolute atomic E-state index is 11.9. The van der Waals surface area contributed by atoms with Gasteiger partial charge >= 0.3 is 11.7 Å². The van der Waals surface area contributed by atoms with Crippen molar-refractivity contribution in [2.45, 2.75) is 11.0 Å². The summed E-state index contributed by atoms with van der Waals surface area (Å²) in [5.41, 5.74) is 0.278. The van der Waals surface area contributed by atoms with Crippen molar-refractivity contribution < 1.29 is 23.4 Å². The van der Waals surface area contributed by atoms with Gasteiger partial charge in [0.05, 0.1) is 15.9 Å². The van der Waals surface area contributed by atoms with Crippen LogP contribution in [0.5, 0.6) is 0 Å². The van der Waals surface area contributed by atoms with Crippen LogP contribution in [-0.4, -0.2) is 47.2 Å². The monoisotopic (exact) mass is 301 g/mol. The van der Waals surface area contributed by atoms with E-state index < -0.39 is 34.3 Å². The molecule has 0 aliphatic carbocycles. The largest absolute Gasteiger partial charge is 0.479 e. The second kappa shape index (κ2) is 5.07. The van der Waals surface area contributed by atoms with Crippen molar-refractivity contribution in [3.8, 4) is 0 Å². The van der Waals surface area contributed by atoms with Crippen molar-refractivity contribution >= 4 is 27.0 Å². The number of carboxylic acids is 1. The summed E-state index contributed by atoms with van der Waals surface area (Å²) in [6.07, 6.45) is -1.83. The molecule has 0 aliphatic rings. The first-order chi connectivity index (χ1) is 9.29. The second-order valence-corrected chi connectivity index (χ2v) is 5.76. The highest BCUT2D eigenvalue weighted by molar-refractivity contribution is 7.89. The van der Waals surface area contributed by atoms with Gasteiger partial charge in [-0.25, -0.2) is 22.7 Å². The Hall–Kier alpha value is -2.17. The number of aromatic nitrogens is 2. The topological polar surface area (TPSA) is 152 Å². The molecule has 0 radical (unpaired) electrons. The van der Waals surface area contributed by atoms with Crippen LogP contribution in [0, 0.1) is 0 Å². The Labute approximate surface area is 112 Å². The molecule has 2 aromatic rings. The van der Waals surface area contributed by atoms with Gasteiger partial charge in [0, 0.05) is 6.54 Å². The number of carbonyl (C=O) groups is 1. The molecule has 1 unspecified atom stereocenters. The number of benzene rings is 1. The third-order valence-electron chi connectivity index (χ3n) is 2.55. The summed E-state index contributed by atoms with van der Waals surface area (Å²) in [4.78, 5) is 26.2. The van der Waals surface area contributed by atoms with Crippen LogP contribution in [-0.2, 0) is 14.8 Å². The van der Waals surface area contributed by atoms with Crippen molar-refractivity contribution in [3.05, 3.63) is 28.7 Å². The number of aliphatic hydroxyl groups excluding tert-OH is 1. The fourth-order valence-corrected chi connectivity index (χ4v) is 2.60. The average Bonchev–Trinajstić information content (AvgIpc) is 2.74. The van der Waals surface area contributed by atoms with Crippen LogP contribution in [0.3, 0.4) is 0 Å². The van der Waals surface area contributed by atoms with Crippen LogP contribution in [0.1, 0.15) is 0 Å². The van der Waals surface area contributed by atoms with E-state index in [0.717, 1.165) is 0 Å². The molecule has 0 saturated heterocycles. The van der Waals surface area contributed by atoms with E-state index in [4.69, 9.17) is 10.2 Å². The second-order valence-electron chi connectivity index (χ2n) is 3.99. The highest BCUT2D eigenvalue weighted by Crippen LogP contribution is 2.14. The van der Waals surface area contributed by atoms with Gasteiger partial charge in [-0.15, -0.1) is 0 Å². The molecule has 0 fully saturated rings. The first-order valence-electron chi connectivity index (χ1n) is 5.42. The Kier molecular flexibility index (Phi) is 3.61. The van der Waals surface area contributed by atoms with Crippen molar-refractivity contribution in [3.63, 3.8) is 0 Å². The van der Waals surface area contributed by atoms with Crippen LogP contribution in [0.2, 0.25) is 0 Å². The average molecular weight is 301 g/mol. The lowest BCUT2D eigenvalue weighted by molar-refractivity contribution is -0.146. The van der Waals surface area contributed by atoms with Gasteiger partial charge in [-0.05, 0) is 18.2 Å². The normalized spacial score (nSPS) is 13.4. The van der Waals surface area contributed by atoms with E-state index in [1.807, 2.05) is 4.72 Å². The molecule has 0 aliphatic heterocycles. The summed E-state index contributed by atoms with van der Waals surface area (Å²) in [5, 5.41) is 17.5. The molecule has 1 heterocycles. The number of nitrogens with one attached hydrogen (secondary N) is 3. The lowest BCUT2D eigenvalue weighted by Crippen LogP contribution is -2.36. The SMILES string of the molecule is O=C(O)C(O)CNS(=O)(=O)c1ccc2[nH]c(=O)[nH]c2c1. The quantitative estimate of drug-likeness (QED) is 0.457. The van der Waals surface area contributed by atoms with E-state index >= 15 is 0 Å². The molecule has 10 heteroatoms. The molecule has 0 amide bonds. The van der Waals surface area contributed by atoms with Crippen LogP contribution in [0.4, 0.5) is 0 Å². The molecule has 108 valence electrons. The number of H-pyrrole nitrogens is 2. The van der Waals surface area contributed by atoms with Gasteiger partial charge in [-0.1, -0.05) is 0 Å². The summed E-state index contributed by atoms with van der Waals surface area (Å²) < 4.78 is 25.8. The highest BCUT2D eigenvalue weighted by atomic mass is 32.2. The molecule has 9 nitrogen and oxygen atoms in total.